The summed E-state index contributed by atoms with van der Waals surface area (Å²) in [5, 5.41) is 12.7. The van der Waals surface area contributed by atoms with Crippen LogP contribution in [-0.2, 0) is 6.54 Å². The fourth-order valence-corrected chi connectivity index (χ4v) is 1.62. The molecule has 0 bridgehead atoms. The molecule has 0 heterocycles. The molecule has 1 aromatic rings. The maximum atomic E-state index is 13.9. The molecule has 0 unspecified atom stereocenters. The van der Waals surface area contributed by atoms with Gasteiger partial charge in [0.15, 0.2) is 17.4 Å². The Bertz CT molecular complexity index is 453. The molecule has 3 nitrogen and oxygen atoms in total. The van der Waals surface area contributed by atoms with Gasteiger partial charge in [0.05, 0.1) is 12.2 Å². The first-order valence-electron chi connectivity index (χ1n) is 7.06. The summed E-state index contributed by atoms with van der Waals surface area (Å²) in [6, 6.07) is 2.53. The summed E-state index contributed by atoms with van der Waals surface area (Å²) in [6.07, 6.45) is 0.291. The molecule has 0 atom stereocenters. The molecule has 5 heteroatoms. The predicted molar refractivity (Wildman–Crippen MR) is 79.4 cm³/mol. The van der Waals surface area contributed by atoms with Crippen molar-refractivity contribution < 1.29 is 18.6 Å². The molecule has 0 aliphatic heterocycles. The second-order valence-electron chi connectivity index (χ2n) is 6.90. The van der Waals surface area contributed by atoms with Crippen molar-refractivity contribution in [2.75, 3.05) is 6.61 Å². The number of nitrogens with one attached hydrogen (secondary N) is 1. The summed E-state index contributed by atoms with van der Waals surface area (Å²) in [6.45, 7) is 9.60. The molecule has 1 aromatic carbocycles. The molecule has 0 fully saturated rings. The Labute approximate surface area is 125 Å². The zero-order valence-corrected chi connectivity index (χ0v) is 13.4. The van der Waals surface area contributed by atoms with Crippen LogP contribution in [0.25, 0.3) is 0 Å². The first kappa shape index (κ1) is 17.9. The molecule has 0 spiro atoms. The van der Waals surface area contributed by atoms with Crippen LogP contribution in [0.4, 0.5) is 8.78 Å². The van der Waals surface area contributed by atoms with Crippen LogP contribution in [0.3, 0.4) is 0 Å². The van der Waals surface area contributed by atoms with E-state index in [0.29, 0.717) is 18.5 Å². The van der Waals surface area contributed by atoms with Crippen LogP contribution in [0.5, 0.6) is 5.75 Å². The van der Waals surface area contributed by atoms with E-state index in [4.69, 9.17) is 4.74 Å². The third-order valence-corrected chi connectivity index (χ3v) is 2.84. The van der Waals surface area contributed by atoms with Crippen molar-refractivity contribution in [2.24, 2.45) is 0 Å². The second-order valence-corrected chi connectivity index (χ2v) is 6.90. The van der Waals surface area contributed by atoms with Gasteiger partial charge in [-0.2, -0.15) is 0 Å². The summed E-state index contributed by atoms with van der Waals surface area (Å²) < 4.78 is 32.9. The number of hydrogen-bond acceptors (Lipinski definition) is 3. The minimum atomic E-state index is -0.927. The van der Waals surface area contributed by atoms with E-state index in [-0.39, 0.29) is 12.1 Å². The monoisotopic (exact) mass is 301 g/mol. The van der Waals surface area contributed by atoms with Crippen molar-refractivity contribution in [2.45, 2.75) is 58.7 Å². The Morgan fingerprint density at radius 2 is 1.62 bits per heavy atom. The molecule has 0 aliphatic rings. The highest BCUT2D eigenvalue weighted by atomic mass is 19.1. The van der Waals surface area contributed by atoms with Crippen LogP contribution >= 0.6 is 0 Å². The quantitative estimate of drug-likeness (QED) is 0.846. The van der Waals surface area contributed by atoms with Crippen LogP contribution in [0.1, 0.15) is 46.6 Å². The first-order valence-corrected chi connectivity index (χ1v) is 7.06. The predicted octanol–water partition coefficient (Wildman–Crippen LogP) is 3.39. The van der Waals surface area contributed by atoms with Crippen LogP contribution in [0.15, 0.2) is 12.1 Å². The highest BCUT2D eigenvalue weighted by Gasteiger charge is 2.17. The van der Waals surface area contributed by atoms with E-state index in [0.717, 1.165) is 0 Å². The third-order valence-electron chi connectivity index (χ3n) is 2.84. The van der Waals surface area contributed by atoms with Crippen molar-refractivity contribution in [3.05, 3.63) is 29.3 Å². The molecular weight excluding hydrogens is 276 g/mol. The van der Waals surface area contributed by atoms with Gasteiger partial charge in [0.1, 0.15) is 0 Å². The minimum Gasteiger partial charge on any atom is -0.487 e. The average molecular weight is 301 g/mol. The average Bonchev–Trinajstić information content (AvgIpc) is 2.28. The second kappa shape index (κ2) is 6.71. The van der Waals surface area contributed by atoms with Gasteiger partial charge in [-0.05, 0) is 52.3 Å². The Kier molecular flexibility index (Phi) is 5.70. The van der Waals surface area contributed by atoms with Gasteiger partial charge in [-0.3, -0.25) is 0 Å². The smallest absolute Gasteiger partial charge is 0.190 e. The molecule has 21 heavy (non-hydrogen) atoms. The van der Waals surface area contributed by atoms with Gasteiger partial charge in [0.2, 0.25) is 0 Å². The van der Waals surface area contributed by atoms with Gasteiger partial charge in [0, 0.05) is 18.5 Å². The Balaban J connectivity index is 2.71. The van der Waals surface area contributed by atoms with Crippen molar-refractivity contribution in [3.63, 3.8) is 0 Å². The van der Waals surface area contributed by atoms with Gasteiger partial charge in [-0.15, -0.1) is 0 Å². The maximum absolute atomic E-state index is 13.9. The lowest BCUT2D eigenvalue weighted by Crippen LogP contribution is -2.35. The normalized spacial score (nSPS) is 12.6. The molecule has 0 aromatic heterocycles. The number of ether oxygens (including phenoxy) is 1. The Morgan fingerprint density at radius 3 is 2.05 bits per heavy atom. The van der Waals surface area contributed by atoms with Gasteiger partial charge in [-0.1, -0.05) is 0 Å². The van der Waals surface area contributed by atoms with Crippen LogP contribution < -0.4 is 10.1 Å². The molecule has 1 rings (SSSR count). The van der Waals surface area contributed by atoms with E-state index in [2.05, 4.69) is 5.32 Å². The molecule has 0 saturated heterocycles. The summed E-state index contributed by atoms with van der Waals surface area (Å²) in [7, 11) is 0. The van der Waals surface area contributed by atoms with Crippen LogP contribution in [0.2, 0.25) is 0 Å². The fraction of sp³-hybridized carbons (Fsp3) is 0.625. The number of benzene rings is 1. The van der Waals surface area contributed by atoms with Crippen molar-refractivity contribution in [1.82, 2.24) is 5.32 Å². The highest BCUT2D eigenvalue weighted by Crippen LogP contribution is 2.24. The summed E-state index contributed by atoms with van der Waals surface area (Å²) >= 11 is 0. The molecule has 0 amide bonds. The van der Waals surface area contributed by atoms with Crippen molar-refractivity contribution in [3.8, 4) is 5.75 Å². The molecule has 0 radical (unpaired) electrons. The van der Waals surface area contributed by atoms with Crippen molar-refractivity contribution >= 4 is 0 Å². The van der Waals surface area contributed by atoms with Gasteiger partial charge in [0.25, 0.3) is 0 Å². The Morgan fingerprint density at radius 1 is 1.10 bits per heavy atom. The summed E-state index contributed by atoms with van der Waals surface area (Å²) in [4.78, 5) is 0. The number of rotatable bonds is 6. The number of halogens is 2. The van der Waals surface area contributed by atoms with Crippen LogP contribution in [0, 0.1) is 11.6 Å². The Hall–Kier alpha value is -1.20. The van der Waals surface area contributed by atoms with Gasteiger partial charge >= 0.3 is 0 Å². The van der Waals surface area contributed by atoms with E-state index >= 15 is 0 Å². The molecule has 2 N–H and O–H groups in total. The molecular formula is C16H25F2NO2. The summed E-state index contributed by atoms with van der Waals surface area (Å²) in [5.41, 5.74) is -0.534. The number of hydrogen-bond donors (Lipinski definition) is 2. The highest BCUT2D eigenvalue weighted by molar-refractivity contribution is 5.31. The van der Waals surface area contributed by atoms with E-state index in [1.807, 2.05) is 20.8 Å². The largest absolute Gasteiger partial charge is 0.487 e. The zero-order valence-electron chi connectivity index (χ0n) is 13.4. The standard InChI is InChI=1S/C16H25F2NO2/c1-15(2,3)19-10-11-8-12(17)14(13(18)9-11)21-7-6-16(4,5)20/h8-9,19-20H,6-7,10H2,1-5H3. The van der Waals surface area contributed by atoms with Crippen molar-refractivity contribution in [1.29, 1.82) is 0 Å². The zero-order chi connectivity index (χ0) is 16.3. The van der Waals surface area contributed by atoms with Gasteiger partial charge in [-0.25, -0.2) is 8.78 Å². The maximum Gasteiger partial charge on any atom is 0.190 e. The van der Waals surface area contributed by atoms with E-state index < -0.39 is 23.0 Å². The lowest BCUT2D eigenvalue weighted by Gasteiger charge is -2.21. The molecule has 120 valence electrons. The molecule has 0 aliphatic carbocycles. The van der Waals surface area contributed by atoms with Crippen LogP contribution in [-0.4, -0.2) is 22.9 Å². The SMILES string of the molecule is CC(C)(O)CCOc1c(F)cc(CNC(C)(C)C)cc1F. The first-order chi connectivity index (χ1) is 9.48. The topological polar surface area (TPSA) is 41.5 Å². The third kappa shape index (κ3) is 6.87. The molecule has 0 saturated carbocycles. The van der Waals surface area contributed by atoms with E-state index in [9.17, 15) is 13.9 Å². The summed E-state index contributed by atoms with van der Waals surface area (Å²) in [5.74, 6) is -1.84. The minimum absolute atomic E-state index is 0.0525. The lowest BCUT2D eigenvalue weighted by molar-refractivity contribution is 0.0540. The van der Waals surface area contributed by atoms with Gasteiger partial charge < -0.3 is 15.2 Å². The van der Waals surface area contributed by atoms with E-state index in [1.54, 1.807) is 13.8 Å². The fourth-order valence-electron chi connectivity index (χ4n) is 1.62. The van der Waals surface area contributed by atoms with E-state index in [1.165, 1.54) is 12.1 Å². The lowest BCUT2D eigenvalue weighted by atomic mass is 10.1. The number of aliphatic hydroxyl groups is 1.